The highest BCUT2D eigenvalue weighted by Gasteiger charge is 2.40. The van der Waals surface area contributed by atoms with E-state index in [1.807, 2.05) is 74.5 Å². The largest absolute Gasteiger partial charge is 0.496 e. The van der Waals surface area contributed by atoms with Gasteiger partial charge in [-0.3, -0.25) is 9.97 Å². The van der Waals surface area contributed by atoms with Crippen LogP contribution in [0.15, 0.2) is 134 Å². The SMILES string of the molecule is CN1c2nc(Cl)ncc2OCC1c1ccccc1C(F)(F)F.COc1cc(N)ccc1-c1ccnc(C)c1.COc1cc(Nc2ncc3c(n2)N(C)C(c2ccccc2C(F)(F)F)CO3)ccc1-c1ccnc(C)c1. The number of methoxy groups -OCH3 is 2. The second kappa shape index (κ2) is 22.4. The van der Waals surface area contributed by atoms with E-state index in [4.69, 9.17) is 36.3 Å². The van der Waals surface area contributed by atoms with Gasteiger partial charge in [0.1, 0.15) is 24.7 Å². The molecule has 2 unspecified atom stereocenters. The molecule has 388 valence electrons. The second-order valence-electron chi connectivity index (χ2n) is 17.1. The van der Waals surface area contributed by atoms with E-state index >= 15 is 0 Å². The summed E-state index contributed by atoms with van der Waals surface area (Å²) in [6, 6.07) is 28.8. The third-order valence-electron chi connectivity index (χ3n) is 12.2. The summed E-state index contributed by atoms with van der Waals surface area (Å²) in [7, 11) is 6.59. The van der Waals surface area contributed by atoms with Crippen molar-refractivity contribution in [3.8, 4) is 45.3 Å². The predicted molar refractivity (Wildman–Crippen MR) is 275 cm³/mol. The minimum atomic E-state index is -4.48. The van der Waals surface area contributed by atoms with E-state index in [9.17, 15) is 26.3 Å². The Hall–Kier alpha value is -8.39. The number of ether oxygens (including phenoxy) is 4. The van der Waals surface area contributed by atoms with Gasteiger partial charge in [-0.05, 0) is 108 Å². The van der Waals surface area contributed by atoms with Crippen molar-refractivity contribution >= 4 is 40.6 Å². The van der Waals surface area contributed by atoms with Crippen LogP contribution in [0.5, 0.6) is 23.0 Å². The predicted octanol–water partition coefficient (Wildman–Crippen LogP) is 12.6. The number of fused-ring (bicyclic) bond motifs is 2. The molecule has 2 aliphatic rings. The molecule has 75 heavy (non-hydrogen) atoms. The van der Waals surface area contributed by atoms with E-state index in [2.05, 4.69) is 35.2 Å². The van der Waals surface area contributed by atoms with Crippen LogP contribution < -0.4 is 39.8 Å². The molecule has 0 spiro atoms. The van der Waals surface area contributed by atoms with E-state index in [0.717, 1.165) is 51.5 Å². The fourth-order valence-corrected chi connectivity index (χ4v) is 8.65. The first-order valence-electron chi connectivity index (χ1n) is 23.0. The van der Waals surface area contributed by atoms with Crippen LogP contribution in [0, 0.1) is 13.8 Å². The molecule has 6 heterocycles. The quantitative estimate of drug-likeness (QED) is 0.0841. The van der Waals surface area contributed by atoms with Crippen LogP contribution in [0.4, 0.5) is 55.3 Å². The third kappa shape index (κ3) is 12.2. The zero-order valence-corrected chi connectivity index (χ0v) is 42.0. The molecule has 10 rings (SSSR count). The van der Waals surface area contributed by atoms with Crippen LogP contribution in [0.25, 0.3) is 22.3 Å². The number of hydrogen-bond acceptors (Lipinski definition) is 14. The Labute approximate surface area is 433 Å². The van der Waals surface area contributed by atoms with Crippen LogP contribution in [0.3, 0.4) is 0 Å². The van der Waals surface area contributed by atoms with E-state index in [1.54, 1.807) is 62.6 Å². The zero-order valence-electron chi connectivity index (χ0n) is 41.2. The lowest BCUT2D eigenvalue weighted by Gasteiger charge is -2.36. The first-order valence-corrected chi connectivity index (χ1v) is 23.4. The van der Waals surface area contributed by atoms with Crippen molar-refractivity contribution < 1.29 is 45.3 Å². The number of nitrogens with one attached hydrogen (secondary N) is 1. The maximum Gasteiger partial charge on any atom is 0.416 e. The van der Waals surface area contributed by atoms with Gasteiger partial charge in [0.25, 0.3) is 0 Å². The summed E-state index contributed by atoms with van der Waals surface area (Å²) in [6.07, 6.45) is -2.45. The number of aromatic nitrogens is 6. The summed E-state index contributed by atoms with van der Waals surface area (Å²) < 4.78 is 103. The summed E-state index contributed by atoms with van der Waals surface area (Å²) in [5.74, 6) is 3.26. The van der Waals surface area contributed by atoms with E-state index in [-0.39, 0.29) is 35.6 Å². The van der Waals surface area contributed by atoms with Gasteiger partial charge in [-0.25, -0.2) is 9.97 Å². The van der Waals surface area contributed by atoms with Gasteiger partial charge in [-0.15, -0.1) is 0 Å². The Morgan fingerprint density at radius 2 is 1.09 bits per heavy atom. The van der Waals surface area contributed by atoms with Crippen molar-refractivity contribution in [2.24, 2.45) is 0 Å². The van der Waals surface area contributed by atoms with Crippen LogP contribution in [0.1, 0.15) is 45.7 Å². The molecule has 8 aromatic rings. The van der Waals surface area contributed by atoms with Crippen molar-refractivity contribution in [3.05, 3.63) is 173 Å². The molecule has 0 fully saturated rings. The van der Waals surface area contributed by atoms with Crippen LogP contribution in [0.2, 0.25) is 5.28 Å². The Bertz CT molecular complexity index is 3310. The molecule has 0 bridgehead atoms. The number of anilines is 5. The van der Waals surface area contributed by atoms with Gasteiger partial charge in [-0.2, -0.15) is 36.3 Å². The van der Waals surface area contributed by atoms with Gasteiger partial charge < -0.3 is 39.8 Å². The lowest BCUT2D eigenvalue weighted by atomic mass is 9.98. The maximum atomic E-state index is 13.6. The molecule has 0 radical (unpaired) electrons. The molecule has 4 aromatic carbocycles. The second-order valence-corrected chi connectivity index (χ2v) is 17.5. The summed E-state index contributed by atoms with van der Waals surface area (Å²) in [5.41, 5.74) is 11.9. The number of rotatable bonds is 8. The number of hydrogen-bond donors (Lipinski definition) is 2. The molecule has 14 nitrogen and oxygen atoms in total. The van der Waals surface area contributed by atoms with Crippen molar-refractivity contribution in [1.82, 2.24) is 29.9 Å². The minimum absolute atomic E-state index is 0.0129. The van der Waals surface area contributed by atoms with Gasteiger partial charge in [0, 0.05) is 72.5 Å². The molecular weight excluding hydrogens is 1000 g/mol. The van der Waals surface area contributed by atoms with Crippen LogP contribution in [-0.4, -0.2) is 71.4 Å². The monoisotopic (exact) mass is 1050 g/mol. The number of nitrogens with zero attached hydrogens (tertiary/aromatic N) is 8. The highest BCUT2D eigenvalue weighted by Crippen LogP contribution is 2.44. The number of pyridine rings is 2. The third-order valence-corrected chi connectivity index (χ3v) is 12.4. The van der Waals surface area contributed by atoms with E-state index in [0.29, 0.717) is 40.3 Å². The zero-order chi connectivity index (χ0) is 53.6. The van der Waals surface area contributed by atoms with Gasteiger partial charge in [0.2, 0.25) is 11.2 Å². The minimum Gasteiger partial charge on any atom is -0.496 e. The summed E-state index contributed by atoms with van der Waals surface area (Å²) in [4.78, 5) is 28.4. The lowest BCUT2D eigenvalue weighted by molar-refractivity contribution is -0.139. The summed E-state index contributed by atoms with van der Waals surface area (Å²) >= 11 is 5.76. The Morgan fingerprint density at radius 3 is 1.60 bits per heavy atom. The Kier molecular flexibility index (Phi) is 15.8. The first-order chi connectivity index (χ1) is 35.8. The van der Waals surface area contributed by atoms with Crippen molar-refractivity contribution in [3.63, 3.8) is 0 Å². The number of halogens is 7. The molecular formula is C54H49ClF6N10O4. The number of alkyl halides is 6. The molecule has 2 atom stereocenters. The maximum absolute atomic E-state index is 13.6. The number of likely N-dealkylation sites (N-methyl/N-ethyl adjacent to an activating group) is 2. The average Bonchev–Trinajstić information content (AvgIpc) is 3.39. The van der Waals surface area contributed by atoms with Crippen molar-refractivity contribution in [1.29, 1.82) is 0 Å². The van der Waals surface area contributed by atoms with E-state index in [1.165, 1.54) is 36.7 Å². The molecule has 2 aliphatic heterocycles. The Balaban J connectivity index is 0.000000166. The molecule has 0 saturated heterocycles. The summed E-state index contributed by atoms with van der Waals surface area (Å²) in [6.45, 7) is 4.00. The molecule has 21 heteroatoms. The normalized spacial score (nSPS) is 14.8. The molecule has 0 amide bonds. The van der Waals surface area contributed by atoms with Gasteiger partial charge in [0.15, 0.2) is 23.1 Å². The smallest absolute Gasteiger partial charge is 0.416 e. The van der Waals surface area contributed by atoms with Crippen LogP contribution >= 0.6 is 11.6 Å². The number of aryl methyl sites for hydroxylation is 2. The van der Waals surface area contributed by atoms with Crippen molar-refractivity contribution in [2.75, 3.05) is 62.4 Å². The van der Waals surface area contributed by atoms with Gasteiger partial charge in [0.05, 0.1) is 49.8 Å². The number of nitrogen functional groups attached to an aromatic ring is 1. The van der Waals surface area contributed by atoms with Crippen LogP contribution in [-0.2, 0) is 12.4 Å². The van der Waals surface area contributed by atoms with Crippen molar-refractivity contribution in [2.45, 2.75) is 38.3 Å². The van der Waals surface area contributed by atoms with Gasteiger partial charge >= 0.3 is 12.4 Å². The fraction of sp³-hybridized carbons (Fsp3) is 0.222. The highest BCUT2D eigenvalue weighted by atomic mass is 35.5. The highest BCUT2D eigenvalue weighted by molar-refractivity contribution is 6.28. The molecule has 0 aliphatic carbocycles. The topological polar surface area (TPSA) is 159 Å². The van der Waals surface area contributed by atoms with E-state index < -0.39 is 35.6 Å². The average molecular weight is 1050 g/mol. The molecule has 0 saturated carbocycles. The summed E-state index contributed by atoms with van der Waals surface area (Å²) in [5, 5.41) is 3.17. The fourth-order valence-electron chi connectivity index (χ4n) is 8.53. The number of benzene rings is 4. The first kappa shape index (κ1) is 52.9. The van der Waals surface area contributed by atoms with Gasteiger partial charge in [-0.1, -0.05) is 36.4 Å². The standard InChI is InChI=1S/C27H24F3N5O2.C14H11ClF3N3O.C13H14N2O/c1-16-12-17(10-11-31-16)19-9-8-18(13-23(19)36-3)33-26-32-14-24-25(34-26)35(2)22(15-37-24)20-6-4-5-7-21(20)27(28,29)30;1-21-10(7-22-11-6-19-13(15)20-12(11)21)8-4-2-3-5-9(8)14(16,17)18;1-9-7-10(5-6-15-9)12-4-3-11(14)8-13(12)16-2/h4-14,22H,15H2,1-3H3,(H,32,33,34);2-6,10H,7H2,1H3;3-8H,14H2,1-2H3. The Morgan fingerprint density at radius 1 is 0.613 bits per heavy atom. The molecule has 4 aromatic heterocycles. The number of nitrogens with two attached hydrogens (primary N) is 1. The lowest BCUT2D eigenvalue weighted by Crippen LogP contribution is -2.35. The molecule has 3 N–H and O–H groups in total.